The number of carboxylic acid groups (broad SMARTS) is 1. The molecular formula is C18H15N2O4S-. The van der Waals surface area contributed by atoms with Gasteiger partial charge in [-0.05, 0) is 48.0 Å². The summed E-state index contributed by atoms with van der Waals surface area (Å²) >= 11 is 0.908. The summed E-state index contributed by atoms with van der Waals surface area (Å²) in [6.07, 6.45) is 0. The van der Waals surface area contributed by atoms with Crippen LogP contribution < -0.4 is 10.4 Å². The molecule has 2 aromatic carbocycles. The molecule has 25 heavy (non-hydrogen) atoms. The number of aryl methyl sites for hydroxylation is 1. The van der Waals surface area contributed by atoms with Gasteiger partial charge in [-0.25, -0.2) is 0 Å². The van der Waals surface area contributed by atoms with E-state index >= 15 is 0 Å². The zero-order valence-corrected chi connectivity index (χ0v) is 14.2. The lowest BCUT2D eigenvalue weighted by Crippen LogP contribution is -2.34. The number of anilines is 1. The van der Waals surface area contributed by atoms with Crippen molar-refractivity contribution in [2.24, 2.45) is 0 Å². The molecule has 1 N–H and O–H groups in total. The van der Waals surface area contributed by atoms with Crippen LogP contribution in [0.3, 0.4) is 0 Å². The molecule has 1 aliphatic rings. The Kier molecular flexibility index (Phi) is 4.76. The third-order valence-electron chi connectivity index (χ3n) is 3.78. The van der Waals surface area contributed by atoms with Gasteiger partial charge in [-0.2, -0.15) is 0 Å². The van der Waals surface area contributed by atoms with Gasteiger partial charge in [0.2, 0.25) is 0 Å². The van der Waals surface area contributed by atoms with E-state index in [0.29, 0.717) is 5.56 Å². The van der Waals surface area contributed by atoms with Gasteiger partial charge in [0.25, 0.3) is 11.1 Å². The number of carbonyl (C=O) groups excluding carboxylic acids is 3. The van der Waals surface area contributed by atoms with Gasteiger partial charge in [0.1, 0.15) is 0 Å². The Morgan fingerprint density at radius 1 is 1.20 bits per heavy atom. The number of nitrogens with one attached hydrogen (secondary N) is 1. The summed E-state index contributed by atoms with van der Waals surface area (Å²) in [7, 11) is 0. The van der Waals surface area contributed by atoms with Crippen LogP contribution in [0.5, 0.6) is 0 Å². The number of carboxylic acids is 1. The molecular weight excluding hydrogens is 340 g/mol. The Hall–Kier alpha value is -2.80. The number of amides is 2. The molecule has 1 aliphatic heterocycles. The van der Waals surface area contributed by atoms with E-state index in [1.807, 2.05) is 31.2 Å². The van der Waals surface area contributed by atoms with Crippen LogP contribution in [-0.2, 0) is 11.3 Å². The van der Waals surface area contributed by atoms with Crippen molar-refractivity contribution in [3.63, 3.8) is 0 Å². The lowest BCUT2D eigenvalue weighted by atomic mass is 10.1. The number of hydrogen-bond acceptors (Lipinski definition) is 6. The molecule has 1 heterocycles. The third kappa shape index (κ3) is 3.83. The molecule has 0 saturated carbocycles. The molecule has 1 atom stereocenters. The van der Waals surface area contributed by atoms with Gasteiger partial charge >= 0.3 is 0 Å². The van der Waals surface area contributed by atoms with Gasteiger partial charge in [-0.15, -0.1) is 0 Å². The fraction of sp³-hybridized carbons (Fsp3) is 0.167. The van der Waals surface area contributed by atoms with Crippen molar-refractivity contribution in [1.82, 2.24) is 4.90 Å². The van der Waals surface area contributed by atoms with Crippen LogP contribution in [0.15, 0.2) is 48.5 Å². The summed E-state index contributed by atoms with van der Waals surface area (Å²) in [6, 6.07) is 13.6. The van der Waals surface area contributed by atoms with Gasteiger partial charge in [0.15, 0.2) is 5.37 Å². The monoisotopic (exact) mass is 355 g/mol. The molecule has 7 heteroatoms. The molecule has 128 valence electrons. The van der Waals surface area contributed by atoms with Gasteiger partial charge in [-0.3, -0.25) is 14.5 Å². The smallest absolute Gasteiger partial charge is 0.291 e. The number of rotatable bonds is 5. The number of benzene rings is 2. The Morgan fingerprint density at radius 2 is 1.92 bits per heavy atom. The maximum absolute atomic E-state index is 12.5. The van der Waals surface area contributed by atoms with E-state index in [0.717, 1.165) is 27.9 Å². The van der Waals surface area contributed by atoms with E-state index < -0.39 is 11.3 Å². The zero-order valence-electron chi connectivity index (χ0n) is 13.4. The maximum atomic E-state index is 12.5. The molecule has 0 aliphatic carbocycles. The minimum Gasteiger partial charge on any atom is -0.545 e. The Morgan fingerprint density at radius 3 is 2.60 bits per heavy atom. The normalized spacial score (nSPS) is 17.0. The number of hydrogen-bond donors (Lipinski definition) is 1. The second-order valence-corrected chi connectivity index (χ2v) is 6.74. The minimum atomic E-state index is -1.30. The van der Waals surface area contributed by atoms with Gasteiger partial charge in [0.05, 0.1) is 12.5 Å². The van der Waals surface area contributed by atoms with Crippen LogP contribution in [0.4, 0.5) is 10.5 Å². The Labute approximate surface area is 148 Å². The number of aromatic carboxylic acids is 1. The summed E-state index contributed by atoms with van der Waals surface area (Å²) < 4.78 is 0. The standard InChI is InChI=1S/C18H16N2O4S/c1-11-5-7-14(8-6-11)19-15-16(21)20(18(24)25-15)10-12-3-2-4-13(9-12)17(22)23/h2-9,15,19H,10H2,1H3,(H,22,23)/p-1/t15-/m1/s1. The average molecular weight is 355 g/mol. The second kappa shape index (κ2) is 6.98. The highest BCUT2D eigenvalue weighted by Gasteiger charge is 2.39. The summed E-state index contributed by atoms with van der Waals surface area (Å²) in [6.45, 7) is 1.99. The highest BCUT2D eigenvalue weighted by Crippen LogP contribution is 2.29. The molecule has 0 bridgehead atoms. The van der Waals surface area contributed by atoms with E-state index in [2.05, 4.69) is 5.32 Å². The molecule has 2 amide bonds. The van der Waals surface area contributed by atoms with Crippen LogP contribution >= 0.6 is 11.8 Å². The first-order chi connectivity index (χ1) is 11.9. The van der Waals surface area contributed by atoms with Crippen molar-refractivity contribution in [1.29, 1.82) is 0 Å². The quantitative estimate of drug-likeness (QED) is 0.882. The van der Waals surface area contributed by atoms with Crippen molar-refractivity contribution in [2.75, 3.05) is 5.32 Å². The first kappa shape index (κ1) is 17.0. The van der Waals surface area contributed by atoms with Crippen LogP contribution in [0.25, 0.3) is 0 Å². The van der Waals surface area contributed by atoms with E-state index in [-0.39, 0.29) is 23.3 Å². The first-order valence-corrected chi connectivity index (χ1v) is 8.47. The molecule has 0 unspecified atom stereocenters. The van der Waals surface area contributed by atoms with E-state index in [9.17, 15) is 19.5 Å². The average Bonchev–Trinajstić information content (AvgIpc) is 2.85. The van der Waals surface area contributed by atoms with E-state index in [1.165, 1.54) is 12.1 Å². The Bertz CT molecular complexity index is 835. The predicted octanol–water partition coefficient (Wildman–Crippen LogP) is 1.99. The van der Waals surface area contributed by atoms with Crippen molar-refractivity contribution >= 4 is 34.6 Å². The molecule has 1 saturated heterocycles. The molecule has 1 fully saturated rings. The van der Waals surface area contributed by atoms with Crippen LogP contribution in [0.1, 0.15) is 21.5 Å². The SMILES string of the molecule is Cc1ccc(N[C@@H]2SC(=O)N(Cc3cccc(C(=O)[O-])c3)C2=O)cc1. The molecule has 0 radical (unpaired) electrons. The van der Waals surface area contributed by atoms with Gasteiger partial charge < -0.3 is 15.2 Å². The largest absolute Gasteiger partial charge is 0.545 e. The van der Waals surface area contributed by atoms with Crippen molar-refractivity contribution in [3.8, 4) is 0 Å². The molecule has 3 rings (SSSR count). The molecule has 0 spiro atoms. The lowest BCUT2D eigenvalue weighted by molar-refractivity contribution is -0.255. The fourth-order valence-electron chi connectivity index (χ4n) is 2.46. The van der Waals surface area contributed by atoms with Crippen LogP contribution in [0, 0.1) is 6.92 Å². The van der Waals surface area contributed by atoms with E-state index in [4.69, 9.17) is 0 Å². The van der Waals surface area contributed by atoms with Crippen molar-refractivity contribution in [2.45, 2.75) is 18.8 Å². The summed E-state index contributed by atoms with van der Waals surface area (Å²) in [5.74, 6) is -1.65. The molecule has 0 aromatic heterocycles. The Balaban J connectivity index is 1.72. The number of carbonyl (C=O) groups is 3. The van der Waals surface area contributed by atoms with Crippen molar-refractivity contribution in [3.05, 3.63) is 65.2 Å². The number of nitrogens with zero attached hydrogens (tertiary/aromatic N) is 1. The second-order valence-electron chi connectivity index (χ2n) is 5.69. The van der Waals surface area contributed by atoms with Crippen LogP contribution in [-0.4, -0.2) is 27.4 Å². The van der Waals surface area contributed by atoms with E-state index in [1.54, 1.807) is 12.1 Å². The number of imide groups is 1. The fourth-order valence-corrected chi connectivity index (χ4v) is 3.37. The first-order valence-electron chi connectivity index (χ1n) is 7.59. The summed E-state index contributed by atoms with van der Waals surface area (Å²) in [5, 5.41) is 12.9. The highest BCUT2D eigenvalue weighted by atomic mass is 32.2. The number of thioether (sulfide) groups is 1. The summed E-state index contributed by atoms with van der Waals surface area (Å²) in [4.78, 5) is 36.7. The molecule has 6 nitrogen and oxygen atoms in total. The topological polar surface area (TPSA) is 89.5 Å². The van der Waals surface area contributed by atoms with Crippen LogP contribution in [0.2, 0.25) is 0 Å². The molecule has 2 aromatic rings. The summed E-state index contributed by atoms with van der Waals surface area (Å²) in [5.41, 5.74) is 2.42. The van der Waals surface area contributed by atoms with Gasteiger partial charge in [0, 0.05) is 5.69 Å². The zero-order chi connectivity index (χ0) is 18.0. The van der Waals surface area contributed by atoms with Crippen molar-refractivity contribution < 1.29 is 19.5 Å². The minimum absolute atomic E-state index is 0.0126. The highest BCUT2D eigenvalue weighted by molar-refractivity contribution is 8.15. The predicted molar refractivity (Wildman–Crippen MR) is 92.9 cm³/mol. The third-order valence-corrected chi connectivity index (χ3v) is 4.76. The lowest BCUT2D eigenvalue weighted by Gasteiger charge is -2.15. The maximum Gasteiger partial charge on any atom is 0.291 e. The van der Waals surface area contributed by atoms with Gasteiger partial charge in [-0.1, -0.05) is 35.9 Å².